The topological polar surface area (TPSA) is 57.4 Å². The molecule has 19 heavy (non-hydrogen) atoms. The molecule has 1 aromatic heterocycles. The lowest BCUT2D eigenvalue weighted by molar-refractivity contribution is 0.0298. The Bertz CT molecular complexity index is 387. The van der Waals surface area contributed by atoms with E-state index in [0.717, 1.165) is 0 Å². The lowest BCUT2D eigenvalue weighted by Gasteiger charge is -2.25. The molecule has 1 unspecified atom stereocenters. The average molecular weight is 270 g/mol. The van der Waals surface area contributed by atoms with Crippen LogP contribution in [0.15, 0.2) is 18.5 Å². The molecule has 0 aliphatic heterocycles. The van der Waals surface area contributed by atoms with Crippen LogP contribution in [0.2, 0.25) is 0 Å². The Morgan fingerprint density at radius 1 is 1.42 bits per heavy atom. The number of ether oxygens (including phenoxy) is 2. The molecule has 0 spiro atoms. The largest absolute Gasteiger partial charge is 0.489 e. The highest BCUT2D eigenvalue weighted by atomic mass is 19.1. The second-order valence-electron chi connectivity index (χ2n) is 4.87. The van der Waals surface area contributed by atoms with Crippen molar-refractivity contribution in [2.75, 3.05) is 20.3 Å². The van der Waals surface area contributed by atoms with Crippen LogP contribution in [0.5, 0.6) is 5.75 Å². The quantitative estimate of drug-likeness (QED) is 0.788. The summed E-state index contributed by atoms with van der Waals surface area (Å²) in [6.07, 6.45) is 4.03. The van der Waals surface area contributed by atoms with E-state index in [1.54, 1.807) is 12.3 Å². The van der Waals surface area contributed by atoms with Gasteiger partial charge in [0.15, 0.2) is 5.67 Å². The highest BCUT2D eigenvalue weighted by Crippen LogP contribution is 2.32. The Morgan fingerprint density at radius 2 is 2.16 bits per heavy atom. The summed E-state index contributed by atoms with van der Waals surface area (Å²) >= 11 is 0. The Morgan fingerprint density at radius 3 is 2.74 bits per heavy atom. The van der Waals surface area contributed by atoms with Crippen molar-refractivity contribution in [3.63, 3.8) is 0 Å². The van der Waals surface area contributed by atoms with E-state index in [2.05, 4.69) is 4.98 Å². The normalized spacial score (nSPS) is 14.4. The van der Waals surface area contributed by atoms with Crippen molar-refractivity contribution < 1.29 is 13.9 Å². The van der Waals surface area contributed by atoms with E-state index in [0.29, 0.717) is 30.7 Å². The summed E-state index contributed by atoms with van der Waals surface area (Å²) in [5, 5.41) is 0. The molecule has 1 aromatic rings. The van der Waals surface area contributed by atoms with Gasteiger partial charge in [0, 0.05) is 18.9 Å². The van der Waals surface area contributed by atoms with Crippen molar-refractivity contribution in [3.8, 4) is 5.75 Å². The van der Waals surface area contributed by atoms with E-state index in [9.17, 15) is 4.39 Å². The van der Waals surface area contributed by atoms with Gasteiger partial charge in [0.25, 0.3) is 0 Å². The van der Waals surface area contributed by atoms with E-state index in [1.165, 1.54) is 13.3 Å². The number of nitrogens with two attached hydrogens (primary N) is 1. The maximum Gasteiger partial charge on any atom is 0.160 e. The minimum atomic E-state index is -1.57. The zero-order valence-corrected chi connectivity index (χ0v) is 11.9. The van der Waals surface area contributed by atoms with Crippen molar-refractivity contribution in [2.24, 2.45) is 5.73 Å². The molecule has 4 nitrogen and oxygen atoms in total. The third-order valence-corrected chi connectivity index (χ3v) is 2.75. The molecule has 1 atom stereocenters. The van der Waals surface area contributed by atoms with Crippen LogP contribution in [-0.2, 0) is 10.4 Å². The average Bonchev–Trinajstić information content (AvgIpc) is 2.36. The number of alkyl halides is 1. The zero-order chi connectivity index (χ0) is 14.3. The molecular formula is C14H23FN2O2. The SMILES string of the molecule is COCC(F)(CCCN)c1cncc(OC(C)C)c1. The number of nitrogens with zero attached hydrogens (tertiary/aromatic N) is 1. The summed E-state index contributed by atoms with van der Waals surface area (Å²) in [7, 11) is 1.48. The lowest BCUT2D eigenvalue weighted by atomic mass is 9.93. The first-order chi connectivity index (χ1) is 9.01. The molecule has 0 fully saturated rings. The summed E-state index contributed by atoms with van der Waals surface area (Å²) < 4.78 is 25.5. The van der Waals surface area contributed by atoms with Crippen LogP contribution in [0.1, 0.15) is 32.3 Å². The number of halogens is 1. The minimum absolute atomic E-state index is 0.0141. The number of pyridine rings is 1. The van der Waals surface area contributed by atoms with Crippen LogP contribution in [0, 0.1) is 0 Å². The van der Waals surface area contributed by atoms with Gasteiger partial charge in [0.2, 0.25) is 0 Å². The van der Waals surface area contributed by atoms with E-state index in [4.69, 9.17) is 15.2 Å². The Kier molecular flexibility index (Phi) is 6.18. The Labute approximate surface area is 114 Å². The van der Waals surface area contributed by atoms with Gasteiger partial charge < -0.3 is 15.2 Å². The van der Waals surface area contributed by atoms with Crippen molar-refractivity contribution in [1.29, 1.82) is 0 Å². The highest BCUT2D eigenvalue weighted by molar-refractivity contribution is 5.28. The van der Waals surface area contributed by atoms with Gasteiger partial charge >= 0.3 is 0 Å². The van der Waals surface area contributed by atoms with Gasteiger partial charge in [-0.05, 0) is 39.3 Å². The molecule has 0 saturated carbocycles. The second kappa shape index (κ2) is 7.40. The maximum atomic E-state index is 15.0. The summed E-state index contributed by atoms with van der Waals surface area (Å²) in [6, 6.07) is 1.68. The molecule has 0 aliphatic carbocycles. The predicted molar refractivity (Wildman–Crippen MR) is 73.0 cm³/mol. The third kappa shape index (κ3) is 4.76. The number of methoxy groups -OCH3 is 1. The van der Waals surface area contributed by atoms with Crippen LogP contribution in [0.3, 0.4) is 0 Å². The summed E-state index contributed by atoms with van der Waals surface area (Å²) in [5.74, 6) is 0.568. The monoisotopic (exact) mass is 270 g/mol. The number of hydrogen-bond acceptors (Lipinski definition) is 4. The molecule has 0 aromatic carbocycles. The van der Waals surface area contributed by atoms with Gasteiger partial charge in [0.1, 0.15) is 5.75 Å². The van der Waals surface area contributed by atoms with Crippen LogP contribution >= 0.6 is 0 Å². The number of hydrogen-bond donors (Lipinski definition) is 1. The van der Waals surface area contributed by atoms with Gasteiger partial charge in [-0.15, -0.1) is 0 Å². The van der Waals surface area contributed by atoms with Gasteiger partial charge in [-0.1, -0.05) is 0 Å². The molecule has 0 amide bonds. The number of rotatable bonds is 8. The summed E-state index contributed by atoms with van der Waals surface area (Å²) in [4.78, 5) is 4.04. The molecule has 5 heteroatoms. The van der Waals surface area contributed by atoms with E-state index in [-0.39, 0.29) is 12.7 Å². The molecule has 0 radical (unpaired) electrons. The minimum Gasteiger partial charge on any atom is -0.489 e. The fourth-order valence-electron chi connectivity index (χ4n) is 1.91. The van der Waals surface area contributed by atoms with Gasteiger partial charge in [-0.2, -0.15) is 0 Å². The van der Waals surface area contributed by atoms with E-state index >= 15 is 0 Å². The first-order valence-corrected chi connectivity index (χ1v) is 6.52. The highest BCUT2D eigenvalue weighted by Gasteiger charge is 2.32. The van der Waals surface area contributed by atoms with Crippen molar-refractivity contribution in [1.82, 2.24) is 4.98 Å². The predicted octanol–water partition coefficient (Wildman–Crippen LogP) is 2.42. The lowest BCUT2D eigenvalue weighted by Crippen LogP contribution is -2.27. The second-order valence-corrected chi connectivity index (χ2v) is 4.87. The van der Waals surface area contributed by atoms with Crippen LogP contribution in [-0.4, -0.2) is 31.3 Å². The molecule has 1 heterocycles. The fourth-order valence-corrected chi connectivity index (χ4v) is 1.91. The first kappa shape index (κ1) is 15.9. The molecule has 0 bridgehead atoms. The van der Waals surface area contributed by atoms with Crippen LogP contribution < -0.4 is 10.5 Å². The summed E-state index contributed by atoms with van der Waals surface area (Å²) in [5.41, 5.74) is 4.36. The van der Waals surface area contributed by atoms with E-state index in [1.807, 2.05) is 13.8 Å². The molecule has 2 N–H and O–H groups in total. The third-order valence-electron chi connectivity index (χ3n) is 2.75. The summed E-state index contributed by atoms with van der Waals surface area (Å²) in [6.45, 7) is 4.27. The Balaban J connectivity index is 2.94. The molecule has 108 valence electrons. The maximum absolute atomic E-state index is 15.0. The zero-order valence-electron chi connectivity index (χ0n) is 11.9. The molecule has 1 rings (SSSR count). The fraction of sp³-hybridized carbons (Fsp3) is 0.643. The van der Waals surface area contributed by atoms with E-state index < -0.39 is 5.67 Å². The molecular weight excluding hydrogens is 247 g/mol. The van der Waals surface area contributed by atoms with Gasteiger partial charge in [0.05, 0.1) is 18.9 Å². The smallest absolute Gasteiger partial charge is 0.160 e. The standard InChI is InChI=1S/C14H23FN2O2/c1-11(2)19-13-7-12(8-17-9-13)14(15,10-18-3)5-4-6-16/h7-9,11H,4-6,10,16H2,1-3H3. The van der Waals surface area contributed by atoms with Crippen molar-refractivity contribution >= 4 is 0 Å². The van der Waals surface area contributed by atoms with Crippen molar-refractivity contribution in [3.05, 3.63) is 24.0 Å². The molecule has 0 saturated heterocycles. The van der Waals surface area contributed by atoms with Gasteiger partial charge in [-0.3, -0.25) is 4.98 Å². The van der Waals surface area contributed by atoms with Crippen LogP contribution in [0.25, 0.3) is 0 Å². The number of aromatic nitrogens is 1. The Hall–Kier alpha value is -1.20. The van der Waals surface area contributed by atoms with Crippen molar-refractivity contribution in [2.45, 2.75) is 38.5 Å². The van der Waals surface area contributed by atoms with Gasteiger partial charge in [-0.25, -0.2) is 4.39 Å². The molecule has 0 aliphatic rings. The first-order valence-electron chi connectivity index (χ1n) is 6.52. The van der Waals surface area contributed by atoms with Crippen LogP contribution in [0.4, 0.5) is 4.39 Å².